The summed E-state index contributed by atoms with van der Waals surface area (Å²) in [5.41, 5.74) is 0.157. The predicted molar refractivity (Wildman–Crippen MR) is 68.0 cm³/mol. The molecule has 19 heavy (non-hydrogen) atoms. The van der Waals surface area contributed by atoms with Crippen LogP contribution in [-0.4, -0.2) is 44.4 Å². The van der Waals surface area contributed by atoms with E-state index in [0.717, 1.165) is 12.8 Å². The van der Waals surface area contributed by atoms with Gasteiger partial charge in [-0.3, -0.25) is 14.6 Å². The second kappa shape index (κ2) is 5.97. The normalized spacial score (nSPS) is 19.2. The van der Waals surface area contributed by atoms with Crippen LogP contribution in [0.15, 0.2) is 12.4 Å². The molecule has 1 unspecified atom stereocenters. The Labute approximate surface area is 115 Å². The number of amides is 1. The maximum absolute atomic E-state index is 12.3. The third-order valence-electron chi connectivity index (χ3n) is 3.12. The molecule has 1 atom stereocenters. The van der Waals surface area contributed by atoms with Gasteiger partial charge in [-0.05, 0) is 19.3 Å². The van der Waals surface area contributed by atoms with Gasteiger partial charge < -0.3 is 10.0 Å². The first-order valence-electron chi connectivity index (χ1n) is 6.08. The van der Waals surface area contributed by atoms with Crippen molar-refractivity contribution in [1.82, 2.24) is 14.9 Å². The third-order valence-corrected chi connectivity index (χ3v) is 3.30. The Balaban J connectivity index is 2.17. The number of carboxylic acid groups (broad SMARTS) is 1. The monoisotopic (exact) mass is 283 g/mol. The number of carboxylic acids is 1. The van der Waals surface area contributed by atoms with Gasteiger partial charge in [0.1, 0.15) is 10.8 Å². The smallest absolute Gasteiger partial charge is 0.305 e. The molecule has 6 nitrogen and oxygen atoms in total. The minimum absolute atomic E-state index is 0.0419. The van der Waals surface area contributed by atoms with E-state index in [1.807, 2.05) is 0 Å². The fourth-order valence-electron chi connectivity index (χ4n) is 2.27. The molecular formula is C12H14ClN3O3. The number of nitrogens with zero attached hydrogens (tertiary/aromatic N) is 3. The van der Waals surface area contributed by atoms with Crippen molar-refractivity contribution in [2.45, 2.75) is 31.7 Å². The molecule has 0 radical (unpaired) electrons. The van der Waals surface area contributed by atoms with Crippen LogP contribution in [0.2, 0.25) is 5.15 Å². The van der Waals surface area contributed by atoms with Gasteiger partial charge in [-0.15, -0.1) is 0 Å². The van der Waals surface area contributed by atoms with Crippen LogP contribution in [0, 0.1) is 0 Å². The number of likely N-dealkylation sites (tertiary alicyclic amines) is 1. The number of hydrogen-bond acceptors (Lipinski definition) is 4. The highest BCUT2D eigenvalue weighted by molar-refractivity contribution is 6.29. The van der Waals surface area contributed by atoms with E-state index < -0.39 is 5.97 Å². The van der Waals surface area contributed by atoms with Crippen LogP contribution in [0.25, 0.3) is 0 Å². The van der Waals surface area contributed by atoms with Crippen molar-refractivity contribution in [2.75, 3.05) is 6.54 Å². The van der Waals surface area contributed by atoms with Crippen LogP contribution in [0.1, 0.15) is 36.2 Å². The number of piperidine rings is 1. The Morgan fingerprint density at radius 3 is 2.89 bits per heavy atom. The Hall–Kier alpha value is -1.69. The first kappa shape index (κ1) is 13.7. The molecule has 1 aromatic heterocycles. The fraction of sp³-hybridized carbons (Fsp3) is 0.500. The highest BCUT2D eigenvalue weighted by Gasteiger charge is 2.29. The zero-order valence-corrected chi connectivity index (χ0v) is 11.0. The Bertz CT molecular complexity index is 495. The van der Waals surface area contributed by atoms with E-state index in [-0.39, 0.29) is 29.2 Å². The second-order valence-electron chi connectivity index (χ2n) is 4.47. The van der Waals surface area contributed by atoms with E-state index in [1.54, 1.807) is 4.90 Å². The average Bonchev–Trinajstić information content (AvgIpc) is 2.38. The van der Waals surface area contributed by atoms with Crippen LogP contribution >= 0.6 is 11.6 Å². The lowest BCUT2D eigenvalue weighted by Crippen LogP contribution is -2.45. The third kappa shape index (κ3) is 3.41. The van der Waals surface area contributed by atoms with E-state index in [4.69, 9.17) is 16.7 Å². The number of hydrogen-bond donors (Lipinski definition) is 1. The minimum atomic E-state index is -0.901. The van der Waals surface area contributed by atoms with Crippen molar-refractivity contribution >= 4 is 23.5 Å². The van der Waals surface area contributed by atoms with E-state index in [0.29, 0.717) is 13.0 Å². The standard InChI is InChI=1S/C12H14ClN3O3/c13-10-7-14-6-9(15-10)12(19)16-4-2-1-3-8(16)5-11(17)18/h6-8H,1-5H2,(H,17,18). The van der Waals surface area contributed by atoms with E-state index in [1.165, 1.54) is 12.4 Å². The highest BCUT2D eigenvalue weighted by atomic mass is 35.5. The number of carbonyl (C=O) groups excluding carboxylic acids is 1. The zero-order valence-electron chi connectivity index (χ0n) is 10.3. The Kier molecular flexibility index (Phi) is 4.31. The SMILES string of the molecule is O=C(O)CC1CCCCN1C(=O)c1cncc(Cl)n1. The number of rotatable bonds is 3. The first-order chi connectivity index (χ1) is 9.08. The molecule has 0 saturated carbocycles. The van der Waals surface area contributed by atoms with Gasteiger partial charge in [-0.1, -0.05) is 11.6 Å². The van der Waals surface area contributed by atoms with Crippen molar-refractivity contribution in [3.63, 3.8) is 0 Å². The van der Waals surface area contributed by atoms with Gasteiger partial charge in [-0.25, -0.2) is 4.98 Å². The summed E-state index contributed by atoms with van der Waals surface area (Å²) in [7, 11) is 0. The molecule has 2 rings (SSSR count). The molecule has 0 aliphatic carbocycles. The fourth-order valence-corrected chi connectivity index (χ4v) is 2.42. The molecule has 0 spiro atoms. The molecule has 1 aliphatic heterocycles. The van der Waals surface area contributed by atoms with Gasteiger partial charge in [0.25, 0.3) is 5.91 Å². The van der Waals surface area contributed by atoms with Gasteiger partial charge in [0.2, 0.25) is 0 Å². The molecule has 102 valence electrons. The van der Waals surface area contributed by atoms with Crippen LogP contribution in [0.5, 0.6) is 0 Å². The van der Waals surface area contributed by atoms with E-state index in [2.05, 4.69) is 9.97 Å². The van der Waals surface area contributed by atoms with Crippen molar-refractivity contribution in [2.24, 2.45) is 0 Å². The zero-order chi connectivity index (χ0) is 13.8. The molecule has 1 aliphatic rings. The number of halogens is 1. The molecule has 1 fully saturated rings. The molecular weight excluding hydrogens is 270 g/mol. The van der Waals surface area contributed by atoms with Gasteiger partial charge in [0.15, 0.2) is 0 Å². The average molecular weight is 284 g/mol. The summed E-state index contributed by atoms with van der Waals surface area (Å²) in [6.45, 7) is 0.547. The van der Waals surface area contributed by atoms with Crippen molar-refractivity contribution in [3.05, 3.63) is 23.2 Å². The van der Waals surface area contributed by atoms with E-state index in [9.17, 15) is 9.59 Å². The maximum atomic E-state index is 12.3. The molecule has 1 aromatic rings. The van der Waals surface area contributed by atoms with Gasteiger partial charge in [0.05, 0.1) is 18.8 Å². The maximum Gasteiger partial charge on any atom is 0.305 e. The summed E-state index contributed by atoms with van der Waals surface area (Å²) >= 11 is 5.71. The topological polar surface area (TPSA) is 83.4 Å². The van der Waals surface area contributed by atoms with Gasteiger partial charge in [0, 0.05) is 12.6 Å². The van der Waals surface area contributed by atoms with Crippen LogP contribution in [0.3, 0.4) is 0 Å². The van der Waals surface area contributed by atoms with Crippen molar-refractivity contribution < 1.29 is 14.7 Å². The Morgan fingerprint density at radius 1 is 1.42 bits per heavy atom. The molecule has 1 N–H and O–H groups in total. The lowest BCUT2D eigenvalue weighted by molar-refractivity contribution is -0.138. The quantitative estimate of drug-likeness (QED) is 0.911. The summed E-state index contributed by atoms with van der Waals surface area (Å²) in [4.78, 5) is 32.5. The molecule has 1 amide bonds. The van der Waals surface area contributed by atoms with Gasteiger partial charge >= 0.3 is 5.97 Å². The van der Waals surface area contributed by atoms with Gasteiger partial charge in [-0.2, -0.15) is 0 Å². The van der Waals surface area contributed by atoms with Crippen molar-refractivity contribution in [1.29, 1.82) is 0 Å². The lowest BCUT2D eigenvalue weighted by Gasteiger charge is -2.34. The lowest BCUT2D eigenvalue weighted by atomic mass is 9.99. The molecule has 2 heterocycles. The number of aliphatic carboxylic acids is 1. The second-order valence-corrected chi connectivity index (χ2v) is 4.86. The molecule has 0 bridgehead atoms. The number of aromatic nitrogens is 2. The summed E-state index contributed by atoms with van der Waals surface area (Å²) in [5, 5.41) is 9.04. The van der Waals surface area contributed by atoms with Crippen LogP contribution < -0.4 is 0 Å². The van der Waals surface area contributed by atoms with Crippen LogP contribution in [-0.2, 0) is 4.79 Å². The van der Waals surface area contributed by atoms with E-state index >= 15 is 0 Å². The Morgan fingerprint density at radius 2 is 2.21 bits per heavy atom. The van der Waals surface area contributed by atoms with Crippen molar-refractivity contribution in [3.8, 4) is 0 Å². The molecule has 0 aromatic carbocycles. The summed E-state index contributed by atoms with van der Waals surface area (Å²) in [6.07, 6.45) is 5.16. The number of carbonyl (C=O) groups is 2. The largest absolute Gasteiger partial charge is 0.481 e. The minimum Gasteiger partial charge on any atom is -0.481 e. The highest BCUT2D eigenvalue weighted by Crippen LogP contribution is 2.21. The summed E-state index contributed by atoms with van der Waals surface area (Å²) in [6, 6.07) is -0.278. The molecule has 7 heteroatoms. The van der Waals surface area contributed by atoms with Crippen LogP contribution in [0.4, 0.5) is 0 Å². The summed E-state index contributed by atoms with van der Waals surface area (Å²) in [5.74, 6) is -1.21. The predicted octanol–water partition coefficient (Wildman–Crippen LogP) is 1.60. The first-order valence-corrected chi connectivity index (χ1v) is 6.46. The molecule has 1 saturated heterocycles. The summed E-state index contributed by atoms with van der Waals surface area (Å²) < 4.78 is 0.